The summed E-state index contributed by atoms with van der Waals surface area (Å²) in [7, 11) is 0. The van der Waals surface area contributed by atoms with Gasteiger partial charge in [-0.25, -0.2) is 9.18 Å². The maximum atomic E-state index is 15.2. The van der Waals surface area contributed by atoms with E-state index in [0.29, 0.717) is 59.6 Å². The second-order valence-corrected chi connectivity index (χ2v) is 8.45. The zero-order chi connectivity index (χ0) is 24.5. The van der Waals surface area contributed by atoms with Crippen molar-refractivity contribution in [3.05, 3.63) is 54.1 Å². The molecule has 4 aromatic rings. The molecule has 1 saturated heterocycles. The van der Waals surface area contributed by atoms with Gasteiger partial charge in [0.15, 0.2) is 23.1 Å². The van der Waals surface area contributed by atoms with E-state index >= 15 is 4.39 Å². The number of ether oxygens (including phenoxy) is 4. The molecule has 35 heavy (non-hydrogen) atoms. The lowest BCUT2D eigenvalue weighted by molar-refractivity contribution is -0.0106. The number of nitrogens with zero attached hydrogens (tertiary/aromatic N) is 2. The number of H-pyrrole nitrogens is 1. The Labute approximate surface area is 201 Å². The fourth-order valence-electron chi connectivity index (χ4n) is 4.19. The molecule has 8 nitrogen and oxygen atoms in total. The van der Waals surface area contributed by atoms with Crippen LogP contribution in [0.5, 0.6) is 23.0 Å². The summed E-state index contributed by atoms with van der Waals surface area (Å²) in [4.78, 5) is 22.0. The highest BCUT2D eigenvalue weighted by molar-refractivity contribution is 5.89. The Balaban J connectivity index is 1.51. The van der Waals surface area contributed by atoms with Crippen molar-refractivity contribution in [1.82, 2.24) is 14.9 Å². The Kier molecular flexibility index (Phi) is 6.17. The molecule has 1 amide bonds. The minimum atomic E-state index is -0.494. The molecule has 2 aromatic carbocycles. The number of aromatic nitrogens is 2. The van der Waals surface area contributed by atoms with Crippen LogP contribution in [0.4, 0.5) is 9.18 Å². The van der Waals surface area contributed by atoms with E-state index in [1.54, 1.807) is 47.5 Å². The molecule has 1 N–H and O–H groups in total. The van der Waals surface area contributed by atoms with E-state index in [-0.39, 0.29) is 17.6 Å². The molecule has 2 aromatic heterocycles. The van der Waals surface area contributed by atoms with Crippen LogP contribution in [0.15, 0.2) is 42.6 Å². The lowest BCUT2D eigenvalue weighted by Gasteiger charge is -2.30. The molecule has 0 aliphatic carbocycles. The average Bonchev–Trinajstić information content (AvgIpc) is 3.23. The Hall–Kier alpha value is -3.85. The van der Waals surface area contributed by atoms with E-state index in [0.717, 1.165) is 5.69 Å². The molecule has 1 fully saturated rings. The van der Waals surface area contributed by atoms with Gasteiger partial charge in [0.1, 0.15) is 5.75 Å². The third kappa shape index (κ3) is 4.59. The van der Waals surface area contributed by atoms with E-state index in [1.807, 2.05) is 20.8 Å². The van der Waals surface area contributed by atoms with Crippen molar-refractivity contribution in [3.63, 3.8) is 0 Å². The number of halogens is 1. The van der Waals surface area contributed by atoms with Gasteiger partial charge in [-0.3, -0.25) is 4.98 Å². The third-order valence-corrected chi connectivity index (χ3v) is 5.82. The summed E-state index contributed by atoms with van der Waals surface area (Å²) < 4.78 is 38.1. The van der Waals surface area contributed by atoms with Gasteiger partial charge >= 0.3 is 6.09 Å². The van der Waals surface area contributed by atoms with Crippen LogP contribution in [0.25, 0.3) is 21.8 Å². The molecule has 1 aliphatic rings. The maximum absolute atomic E-state index is 15.2. The predicted molar refractivity (Wildman–Crippen MR) is 129 cm³/mol. The molecule has 1 atom stereocenters. The highest BCUT2D eigenvalue weighted by Gasteiger charge is 2.25. The number of carbonyl (C=O) groups excluding carboxylic acids is 1. The number of aromatic amines is 1. The van der Waals surface area contributed by atoms with Crippen molar-refractivity contribution >= 4 is 27.9 Å². The number of benzene rings is 2. The first kappa shape index (κ1) is 22.9. The maximum Gasteiger partial charge on any atom is 0.415 e. The number of rotatable bonds is 5. The molecular formula is C26H26FN3O5. The van der Waals surface area contributed by atoms with E-state index in [9.17, 15) is 4.79 Å². The van der Waals surface area contributed by atoms with Gasteiger partial charge in [-0.2, -0.15) is 0 Å². The first-order valence-electron chi connectivity index (χ1n) is 11.5. The molecule has 5 rings (SSSR count). The monoisotopic (exact) mass is 479 g/mol. The predicted octanol–water partition coefficient (Wildman–Crippen LogP) is 5.57. The Morgan fingerprint density at radius 2 is 2.03 bits per heavy atom. The van der Waals surface area contributed by atoms with E-state index in [4.69, 9.17) is 18.9 Å². The van der Waals surface area contributed by atoms with Gasteiger partial charge in [-0.05, 0) is 51.1 Å². The number of pyridine rings is 1. The minimum Gasteiger partial charge on any atom is -0.490 e. The van der Waals surface area contributed by atoms with Crippen molar-refractivity contribution in [2.45, 2.75) is 26.9 Å². The lowest BCUT2D eigenvalue weighted by atomic mass is 10.1. The van der Waals surface area contributed by atoms with Crippen molar-refractivity contribution in [2.24, 2.45) is 0 Å². The Morgan fingerprint density at radius 3 is 2.83 bits per heavy atom. The number of fused-ring (bicyclic) bond motifs is 2. The number of aryl methyl sites for hydroxylation is 1. The summed E-state index contributed by atoms with van der Waals surface area (Å²) in [6.07, 6.45) is 1.01. The van der Waals surface area contributed by atoms with Crippen molar-refractivity contribution in [2.75, 3.05) is 26.3 Å². The standard InChI is InChI=1S/C26H26FN3O5/c1-4-32-23-13-20-17(12-24(23)35-26(31)30-9-10-33-16(3)14-30)21(7-8-28-20)34-22-6-5-19-18(25(22)27)11-15(2)29-19/h5-8,11-13,16,29H,4,9-10,14H2,1-3H3. The summed E-state index contributed by atoms with van der Waals surface area (Å²) in [6, 6.07) is 10.1. The van der Waals surface area contributed by atoms with Gasteiger partial charge in [-0.1, -0.05) is 0 Å². The Bertz CT molecular complexity index is 1400. The summed E-state index contributed by atoms with van der Waals surface area (Å²) in [5.74, 6) is 0.614. The normalized spacial score (nSPS) is 16.0. The summed E-state index contributed by atoms with van der Waals surface area (Å²) in [5, 5.41) is 1.00. The second-order valence-electron chi connectivity index (χ2n) is 8.45. The highest BCUT2D eigenvalue weighted by Crippen LogP contribution is 2.39. The van der Waals surface area contributed by atoms with Gasteiger partial charge in [0, 0.05) is 40.8 Å². The number of amides is 1. The zero-order valence-corrected chi connectivity index (χ0v) is 19.8. The number of nitrogens with one attached hydrogen (secondary N) is 1. The molecule has 0 spiro atoms. The molecular weight excluding hydrogens is 453 g/mol. The number of hydrogen-bond donors (Lipinski definition) is 1. The summed E-state index contributed by atoms with van der Waals surface area (Å²) in [6.45, 7) is 7.32. The fraction of sp³-hybridized carbons (Fsp3) is 0.308. The molecule has 182 valence electrons. The quantitative estimate of drug-likeness (QED) is 0.403. The molecule has 3 heterocycles. The van der Waals surface area contributed by atoms with Gasteiger partial charge in [0.25, 0.3) is 0 Å². The Morgan fingerprint density at radius 1 is 1.17 bits per heavy atom. The molecule has 0 bridgehead atoms. The van der Waals surface area contributed by atoms with Crippen LogP contribution in [0.3, 0.4) is 0 Å². The highest BCUT2D eigenvalue weighted by atomic mass is 19.1. The average molecular weight is 480 g/mol. The fourth-order valence-corrected chi connectivity index (χ4v) is 4.19. The SMILES string of the molecule is CCOc1cc2nccc(Oc3ccc4[nH]c(C)cc4c3F)c2cc1OC(=O)N1CCOC(C)C1. The minimum absolute atomic E-state index is 0.0699. The van der Waals surface area contributed by atoms with Crippen LogP contribution in [0.2, 0.25) is 0 Å². The topological polar surface area (TPSA) is 85.9 Å². The zero-order valence-electron chi connectivity index (χ0n) is 19.8. The lowest BCUT2D eigenvalue weighted by Crippen LogP contribution is -2.45. The van der Waals surface area contributed by atoms with Gasteiger partial charge in [0.05, 0.1) is 31.4 Å². The van der Waals surface area contributed by atoms with Crippen LogP contribution in [-0.2, 0) is 4.74 Å². The molecule has 9 heteroatoms. The number of morpholine rings is 1. The van der Waals surface area contributed by atoms with Gasteiger partial charge < -0.3 is 28.8 Å². The van der Waals surface area contributed by atoms with Crippen molar-refractivity contribution in [1.29, 1.82) is 0 Å². The second kappa shape index (κ2) is 9.42. The third-order valence-electron chi connectivity index (χ3n) is 5.82. The largest absolute Gasteiger partial charge is 0.490 e. The molecule has 1 aliphatic heterocycles. The number of hydrogen-bond acceptors (Lipinski definition) is 6. The number of carbonyl (C=O) groups is 1. The van der Waals surface area contributed by atoms with Gasteiger partial charge in [-0.15, -0.1) is 0 Å². The van der Waals surface area contributed by atoms with Crippen LogP contribution in [0, 0.1) is 12.7 Å². The van der Waals surface area contributed by atoms with Crippen LogP contribution < -0.4 is 14.2 Å². The van der Waals surface area contributed by atoms with Crippen molar-refractivity contribution < 1.29 is 28.1 Å². The first-order chi connectivity index (χ1) is 16.9. The van der Waals surface area contributed by atoms with Crippen LogP contribution in [-0.4, -0.2) is 53.4 Å². The molecule has 1 unspecified atom stereocenters. The molecule has 0 radical (unpaired) electrons. The smallest absolute Gasteiger partial charge is 0.415 e. The first-order valence-corrected chi connectivity index (χ1v) is 11.5. The summed E-state index contributed by atoms with van der Waals surface area (Å²) in [5.41, 5.74) is 2.11. The summed E-state index contributed by atoms with van der Waals surface area (Å²) >= 11 is 0. The van der Waals surface area contributed by atoms with E-state index < -0.39 is 11.9 Å². The van der Waals surface area contributed by atoms with Crippen LogP contribution >= 0.6 is 0 Å². The van der Waals surface area contributed by atoms with E-state index in [2.05, 4.69) is 9.97 Å². The van der Waals surface area contributed by atoms with Crippen LogP contribution in [0.1, 0.15) is 19.5 Å². The van der Waals surface area contributed by atoms with Gasteiger partial charge in [0.2, 0.25) is 0 Å². The van der Waals surface area contributed by atoms with E-state index in [1.165, 1.54) is 0 Å². The van der Waals surface area contributed by atoms with Crippen molar-refractivity contribution in [3.8, 4) is 23.0 Å². The molecule has 0 saturated carbocycles.